The second-order valence-electron chi connectivity index (χ2n) is 10.6. The normalized spacial score (nSPS) is 16.3. The highest BCUT2D eigenvalue weighted by atomic mass is 35.5. The van der Waals surface area contributed by atoms with Crippen LogP contribution in [0.3, 0.4) is 0 Å². The van der Waals surface area contributed by atoms with Crippen LogP contribution in [0.5, 0.6) is 5.75 Å². The highest BCUT2D eigenvalue weighted by molar-refractivity contribution is 6.34. The van der Waals surface area contributed by atoms with E-state index in [0.717, 1.165) is 22.3 Å². The van der Waals surface area contributed by atoms with Gasteiger partial charge in [0.05, 0.1) is 31.0 Å². The number of hydrogen-bond acceptors (Lipinski definition) is 7. The molecule has 0 bridgehead atoms. The van der Waals surface area contributed by atoms with Crippen LogP contribution in [-0.2, 0) is 11.3 Å². The zero-order chi connectivity index (χ0) is 31.0. The number of cyclic esters (lactones) is 1. The molecule has 43 heavy (non-hydrogen) atoms. The van der Waals surface area contributed by atoms with E-state index < -0.39 is 18.2 Å². The number of methoxy groups -OCH3 is 1. The maximum absolute atomic E-state index is 13.2. The van der Waals surface area contributed by atoms with Gasteiger partial charge < -0.3 is 19.5 Å². The fraction of sp³-hybridized carbons (Fsp3) is 0.250. The molecule has 1 amide bonds. The van der Waals surface area contributed by atoms with E-state index in [1.54, 1.807) is 59.5 Å². The smallest absolute Gasteiger partial charge is 0.411 e. The maximum atomic E-state index is 13.2. The lowest BCUT2D eigenvalue weighted by molar-refractivity contribution is 0.0696. The van der Waals surface area contributed by atoms with Crippen molar-refractivity contribution in [3.63, 3.8) is 0 Å². The third-order valence-corrected chi connectivity index (χ3v) is 7.89. The summed E-state index contributed by atoms with van der Waals surface area (Å²) in [5.41, 5.74) is 5.47. The molecule has 1 fully saturated rings. The zero-order valence-corrected chi connectivity index (χ0v) is 25.8. The molecule has 4 aromatic rings. The third kappa shape index (κ3) is 6.09. The first-order chi connectivity index (χ1) is 20.5. The molecule has 1 aliphatic heterocycles. The minimum atomic E-state index is -0.983. The molecule has 0 saturated carbocycles. The maximum Gasteiger partial charge on any atom is 0.411 e. The predicted octanol–water partition coefficient (Wildman–Crippen LogP) is 7.28. The Morgan fingerprint density at radius 2 is 1.77 bits per heavy atom. The van der Waals surface area contributed by atoms with E-state index in [0.29, 0.717) is 38.6 Å². The Labute approximate surface area is 259 Å². The van der Waals surface area contributed by atoms with E-state index >= 15 is 0 Å². The van der Waals surface area contributed by atoms with Crippen LogP contribution < -0.4 is 9.64 Å². The lowest BCUT2D eigenvalue weighted by Crippen LogP contribution is -2.32. The van der Waals surface area contributed by atoms with Crippen LogP contribution >= 0.6 is 23.2 Å². The van der Waals surface area contributed by atoms with Crippen molar-refractivity contribution in [2.45, 2.75) is 32.5 Å². The minimum Gasteiger partial charge on any atom is -0.496 e. The Hall–Kier alpha value is -4.34. The molecule has 1 aliphatic rings. The van der Waals surface area contributed by atoms with Crippen LogP contribution in [0, 0.1) is 6.92 Å². The van der Waals surface area contributed by atoms with Crippen molar-refractivity contribution >= 4 is 41.2 Å². The first-order valence-electron chi connectivity index (χ1n) is 13.5. The number of ether oxygens (including phenoxy) is 2. The number of halogens is 2. The molecule has 1 saturated heterocycles. The second-order valence-corrected chi connectivity index (χ2v) is 11.4. The molecular formula is C32H30Cl2N4O5. The predicted molar refractivity (Wildman–Crippen MR) is 166 cm³/mol. The molecule has 2 atom stereocenters. The fourth-order valence-electron chi connectivity index (χ4n) is 5.23. The molecule has 2 heterocycles. The van der Waals surface area contributed by atoms with Crippen molar-refractivity contribution in [2.75, 3.05) is 26.1 Å². The summed E-state index contributed by atoms with van der Waals surface area (Å²) in [5, 5.41) is 10.3. The number of carboxylic acid groups (broad SMARTS) is 1. The number of carbonyl (C=O) groups excluding carboxylic acids is 1. The van der Waals surface area contributed by atoms with E-state index in [9.17, 15) is 14.7 Å². The lowest BCUT2D eigenvalue weighted by Gasteiger charge is -2.23. The van der Waals surface area contributed by atoms with Crippen LogP contribution in [-0.4, -0.2) is 59.3 Å². The summed E-state index contributed by atoms with van der Waals surface area (Å²) in [4.78, 5) is 37.5. The van der Waals surface area contributed by atoms with Crippen molar-refractivity contribution < 1.29 is 24.2 Å². The first kappa shape index (κ1) is 30.1. The van der Waals surface area contributed by atoms with E-state index in [-0.39, 0.29) is 18.2 Å². The molecule has 0 unspecified atom stereocenters. The number of benzene rings is 3. The SMILES string of the molecule is COc1ccc(-c2ccc(C(=O)O)cc2C)cc1-c1cnc(N(C)C)nc1CN1C(=O)O[C@H](c2cc(Cl)cc(Cl)c2)[C@@H]1C. The van der Waals surface area contributed by atoms with Crippen molar-refractivity contribution in [1.82, 2.24) is 14.9 Å². The van der Waals surface area contributed by atoms with E-state index in [1.807, 2.05) is 46.1 Å². The summed E-state index contributed by atoms with van der Waals surface area (Å²) in [5.74, 6) is 0.0880. The zero-order valence-electron chi connectivity index (χ0n) is 24.3. The van der Waals surface area contributed by atoms with Gasteiger partial charge in [-0.3, -0.25) is 4.90 Å². The number of anilines is 1. The number of amides is 1. The Morgan fingerprint density at radius 1 is 1.05 bits per heavy atom. The molecule has 3 aromatic carbocycles. The molecule has 0 radical (unpaired) electrons. The summed E-state index contributed by atoms with van der Waals surface area (Å²) >= 11 is 12.5. The van der Waals surface area contributed by atoms with E-state index in [1.165, 1.54) is 0 Å². The largest absolute Gasteiger partial charge is 0.496 e. The van der Waals surface area contributed by atoms with Gasteiger partial charge in [0.15, 0.2) is 0 Å². The minimum absolute atomic E-state index is 0.142. The number of aryl methyl sites for hydroxylation is 1. The van der Waals surface area contributed by atoms with Gasteiger partial charge in [0, 0.05) is 41.5 Å². The average Bonchev–Trinajstić information content (AvgIpc) is 3.24. The van der Waals surface area contributed by atoms with Crippen LogP contribution in [0.2, 0.25) is 10.0 Å². The molecule has 5 rings (SSSR count). The van der Waals surface area contributed by atoms with Gasteiger partial charge in [-0.2, -0.15) is 0 Å². The Balaban J connectivity index is 1.57. The lowest BCUT2D eigenvalue weighted by atomic mass is 9.94. The Kier molecular flexibility index (Phi) is 8.48. The Morgan fingerprint density at radius 3 is 2.40 bits per heavy atom. The molecule has 9 nitrogen and oxygen atoms in total. The molecule has 0 aliphatic carbocycles. The summed E-state index contributed by atoms with van der Waals surface area (Å²) in [6, 6.07) is 15.5. The number of nitrogens with zero attached hydrogens (tertiary/aromatic N) is 4. The highest BCUT2D eigenvalue weighted by Crippen LogP contribution is 2.40. The van der Waals surface area contributed by atoms with Crippen molar-refractivity contribution in [3.05, 3.63) is 93.2 Å². The monoisotopic (exact) mass is 620 g/mol. The van der Waals surface area contributed by atoms with Gasteiger partial charge >= 0.3 is 12.1 Å². The quantitative estimate of drug-likeness (QED) is 0.219. The summed E-state index contributed by atoms with van der Waals surface area (Å²) < 4.78 is 11.5. The van der Waals surface area contributed by atoms with Gasteiger partial charge in [0.1, 0.15) is 11.9 Å². The first-order valence-corrected chi connectivity index (χ1v) is 14.2. The van der Waals surface area contributed by atoms with Crippen LogP contribution in [0.4, 0.5) is 10.7 Å². The number of hydrogen-bond donors (Lipinski definition) is 1. The molecule has 11 heteroatoms. The number of carboxylic acids is 1. The second kappa shape index (κ2) is 12.1. The molecule has 0 spiro atoms. The van der Waals surface area contributed by atoms with Crippen molar-refractivity contribution in [3.8, 4) is 28.0 Å². The van der Waals surface area contributed by atoms with Crippen LogP contribution in [0.15, 0.2) is 60.8 Å². The standard InChI is InChI=1S/C32H30Cl2N4O5/c1-17-10-20(30(39)40)6-8-24(17)19-7-9-28(42-5)25(13-19)26-15-35-31(37(3)4)36-27(26)16-38-18(2)29(43-32(38)41)21-11-22(33)14-23(34)12-21/h6-15,18,29H,16H2,1-5H3,(H,39,40)/t18-,29-/m0/s1. The molecule has 1 N–H and O–H groups in total. The van der Waals surface area contributed by atoms with Gasteiger partial charge in [0.25, 0.3) is 0 Å². The number of rotatable bonds is 8. The number of aromatic carboxylic acids is 1. The number of aromatic nitrogens is 2. The van der Waals surface area contributed by atoms with Crippen molar-refractivity contribution in [1.29, 1.82) is 0 Å². The highest BCUT2D eigenvalue weighted by Gasteiger charge is 2.40. The van der Waals surface area contributed by atoms with Crippen LogP contribution in [0.25, 0.3) is 22.3 Å². The van der Waals surface area contributed by atoms with Gasteiger partial charge in [-0.15, -0.1) is 0 Å². The summed E-state index contributed by atoms with van der Waals surface area (Å²) in [7, 11) is 5.27. The fourth-order valence-corrected chi connectivity index (χ4v) is 5.78. The van der Waals surface area contributed by atoms with Crippen LogP contribution in [0.1, 0.15) is 40.2 Å². The average molecular weight is 622 g/mol. The van der Waals surface area contributed by atoms with Gasteiger partial charge in [-0.25, -0.2) is 19.6 Å². The number of carbonyl (C=O) groups is 2. The van der Waals surface area contributed by atoms with E-state index in [4.69, 9.17) is 37.7 Å². The molecular weight excluding hydrogens is 591 g/mol. The molecule has 222 valence electrons. The third-order valence-electron chi connectivity index (χ3n) is 7.45. The topological polar surface area (TPSA) is 105 Å². The summed E-state index contributed by atoms with van der Waals surface area (Å²) in [6.07, 6.45) is 0.663. The van der Waals surface area contributed by atoms with Gasteiger partial charge in [-0.05, 0) is 78.6 Å². The molecule has 1 aromatic heterocycles. The van der Waals surface area contributed by atoms with Crippen molar-refractivity contribution in [2.24, 2.45) is 0 Å². The van der Waals surface area contributed by atoms with Gasteiger partial charge in [-0.1, -0.05) is 35.3 Å². The van der Waals surface area contributed by atoms with Gasteiger partial charge in [0.2, 0.25) is 5.95 Å². The Bertz CT molecular complexity index is 1710. The summed E-state index contributed by atoms with van der Waals surface area (Å²) in [6.45, 7) is 3.92. The van der Waals surface area contributed by atoms with E-state index in [2.05, 4.69) is 4.98 Å².